The Hall–Kier alpha value is -1.06. The van der Waals surface area contributed by atoms with Crippen LogP contribution in [0.5, 0.6) is 0 Å². The lowest BCUT2D eigenvalue weighted by Gasteiger charge is -1.86. The summed E-state index contributed by atoms with van der Waals surface area (Å²) in [7, 11) is 0. The molecular weight excluding hydrogens is 104 g/mol. The van der Waals surface area contributed by atoms with Crippen molar-refractivity contribution in [2.24, 2.45) is 0 Å². The minimum atomic E-state index is 0.479. The van der Waals surface area contributed by atoms with Crippen LogP contribution in [0.4, 0.5) is 5.82 Å². The van der Waals surface area contributed by atoms with Gasteiger partial charge in [-0.3, -0.25) is 0 Å². The largest absolute Gasteiger partial charge is 0.381 e. The van der Waals surface area contributed by atoms with Gasteiger partial charge >= 0.3 is 0 Å². The Morgan fingerprint density at radius 1 is 1.88 bits per heavy atom. The van der Waals surface area contributed by atoms with Gasteiger partial charge < -0.3 is 5.73 Å². The first kappa shape index (κ1) is 5.08. The number of aryl methyl sites for hydroxylation is 1. The molecule has 0 fully saturated rings. The van der Waals surface area contributed by atoms with Gasteiger partial charge in [0.05, 0.1) is 12.7 Å². The van der Waals surface area contributed by atoms with Crippen LogP contribution in [0.3, 0.4) is 0 Å². The summed E-state index contributed by atoms with van der Waals surface area (Å²) in [6.07, 6.45) is 1.53. The highest BCUT2D eigenvalue weighted by Gasteiger charge is 1.88. The molecule has 0 atom stereocenters. The van der Waals surface area contributed by atoms with E-state index in [0.717, 1.165) is 6.54 Å². The van der Waals surface area contributed by atoms with Gasteiger partial charge in [-0.15, -0.1) is 5.10 Å². The van der Waals surface area contributed by atoms with E-state index in [0.29, 0.717) is 5.82 Å². The Bertz CT molecular complexity index is 168. The molecule has 4 heteroatoms. The summed E-state index contributed by atoms with van der Waals surface area (Å²) in [4.78, 5) is 1.54. The predicted octanol–water partition coefficient (Wildman–Crippen LogP) is -0.120. The Labute approximate surface area is 47.3 Å². The molecule has 0 aliphatic rings. The number of anilines is 1. The number of nitrogens with two attached hydrogens (primary N) is 1. The fourth-order valence-corrected chi connectivity index (χ4v) is 0.463. The second kappa shape index (κ2) is 1.81. The summed E-state index contributed by atoms with van der Waals surface area (Å²) in [6.45, 7) is 2.73. The third-order valence-electron chi connectivity index (χ3n) is 0.837. The van der Waals surface area contributed by atoms with Gasteiger partial charge in [-0.1, -0.05) is 0 Å². The zero-order valence-corrected chi connectivity index (χ0v) is 4.70. The molecule has 8 heavy (non-hydrogen) atoms. The zero-order chi connectivity index (χ0) is 5.98. The van der Waals surface area contributed by atoms with Gasteiger partial charge in [0.25, 0.3) is 0 Å². The minimum absolute atomic E-state index is 0.479. The number of hydrogen-bond donors (Lipinski definition) is 1. The highest BCUT2D eigenvalue weighted by Crippen LogP contribution is 1.88. The van der Waals surface area contributed by atoms with Crippen LogP contribution in [-0.2, 0) is 6.54 Å². The summed E-state index contributed by atoms with van der Waals surface area (Å²) in [6, 6.07) is 0. The highest BCUT2D eigenvalue weighted by atomic mass is 15.5. The summed E-state index contributed by atoms with van der Waals surface area (Å²) in [5, 5.41) is 7.63. The van der Waals surface area contributed by atoms with E-state index >= 15 is 0 Å². The van der Waals surface area contributed by atoms with Gasteiger partial charge in [0, 0.05) is 0 Å². The standard InChI is InChI=1S/C4H8N4/c1-2-8-6-3-4(5)7-8/h3H,2H2,1H3,(H2,5,7). The average Bonchev–Trinajstić information content (AvgIpc) is 2.14. The van der Waals surface area contributed by atoms with Gasteiger partial charge in [-0.05, 0) is 6.92 Å². The molecule has 0 aliphatic carbocycles. The fourth-order valence-electron chi connectivity index (χ4n) is 0.463. The van der Waals surface area contributed by atoms with Gasteiger partial charge in [0.2, 0.25) is 0 Å². The first-order valence-electron chi connectivity index (χ1n) is 2.48. The van der Waals surface area contributed by atoms with Crippen molar-refractivity contribution in [2.75, 3.05) is 5.73 Å². The lowest BCUT2D eigenvalue weighted by Crippen LogP contribution is -1.98. The second-order valence-corrected chi connectivity index (χ2v) is 1.46. The maximum absolute atomic E-state index is 5.26. The van der Waals surface area contributed by atoms with E-state index in [2.05, 4.69) is 10.2 Å². The third-order valence-corrected chi connectivity index (χ3v) is 0.837. The average molecular weight is 112 g/mol. The summed E-state index contributed by atoms with van der Waals surface area (Å²) >= 11 is 0. The highest BCUT2D eigenvalue weighted by molar-refractivity contribution is 5.19. The lowest BCUT2D eigenvalue weighted by atomic mass is 10.8. The van der Waals surface area contributed by atoms with Crippen molar-refractivity contribution in [2.45, 2.75) is 13.5 Å². The molecule has 0 saturated carbocycles. The molecule has 0 amide bonds. The Morgan fingerprint density at radius 2 is 2.62 bits per heavy atom. The fraction of sp³-hybridized carbons (Fsp3) is 0.500. The quantitative estimate of drug-likeness (QED) is 0.551. The van der Waals surface area contributed by atoms with Crippen molar-refractivity contribution >= 4 is 5.82 Å². The van der Waals surface area contributed by atoms with E-state index < -0.39 is 0 Å². The molecular formula is C4H8N4. The van der Waals surface area contributed by atoms with Gasteiger partial charge in [-0.2, -0.15) is 9.90 Å². The molecule has 1 aromatic rings. The molecule has 0 spiro atoms. The van der Waals surface area contributed by atoms with Crippen molar-refractivity contribution in [3.63, 3.8) is 0 Å². The lowest BCUT2D eigenvalue weighted by molar-refractivity contribution is 0.571. The van der Waals surface area contributed by atoms with Gasteiger partial charge in [0.1, 0.15) is 0 Å². The van der Waals surface area contributed by atoms with Gasteiger partial charge in [0.15, 0.2) is 5.82 Å². The number of nitrogens with zero attached hydrogens (tertiary/aromatic N) is 3. The molecule has 0 unspecified atom stereocenters. The van der Waals surface area contributed by atoms with Crippen molar-refractivity contribution < 1.29 is 0 Å². The summed E-state index contributed by atoms with van der Waals surface area (Å²) in [5.74, 6) is 0.479. The summed E-state index contributed by atoms with van der Waals surface area (Å²) in [5.41, 5.74) is 5.26. The van der Waals surface area contributed by atoms with Crippen molar-refractivity contribution in [3.8, 4) is 0 Å². The van der Waals surface area contributed by atoms with Crippen LogP contribution in [0.2, 0.25) is 0 Å². The zero-order valence-electron chi connectivity index (χ0n) is 4.70. The van der Waals surface area contributed by atoms with Crippen LogP contribution >= 0.6 is 0 Å². The Balaban J connectivity index is 2.84. The molecule has 4 nitrogen and oxygen atoms in total. The molecule has 2 N–H and O–H groups in total. The van der Waals surface area contributed by atoms with E-state index in [4.69, 9.17) is 5.73 Å². The van der Waals surface area contributed by atoms with E-state index in [-0.39, 0.29) is 0 Å². The molecule has 1 rings (SSSR count). The van der Waals surface area contributed by atoms with Crippen LogP contribution < -0.4 is 5.73 Å². The molecule has 1 aromatic heterocycles. The first-order chi connectivity index (χ1) is 3.83. The minimum Gasteiger partial charge on any atom is -0.381 e. The third kappa shape index (κ3) is 0.776. The van der Waals surface area contributed by atoms with E-state index in [1.54, 1.807) is 0 Å². The number of rotatable bonds is 1. The van der Waals surface area contributed by atoms with Crippen LogP contribution in [0.1, 0.15) is 6.92 Å². The normalized spacial score (nSPS) is 9.62. The number of nitrogen functional groups attached to an aromatic ring is 1. The topological polar surface area (TPSA) is 56.7 Å². The SMILES string of the molecule is CCn1ncc(N)n1. The number of aromatic nitrogens is 3. The molecule has 0 aliphatic heterocycles. The molecule has 0 radical (unpaired) electrons. The van der Waals surface area contributed by atoms with E-state index in [1.807, 2.05) is 6.92 Å². The van der Waals surface area contributed by atoms with Crippen LogP contribution in [-0.4, -0.2) is 15.0 Å². The van der Waals surface area contributed by atoms with Crippen LogP contribution in [0.15, 0.2) is 6.20 Å². The van der Waals surface area contributed by atoms with Crippen molar-refractivity contribution in [1.82, 2.24) is 15.0 Å². The predicted molar refractivity (Wildman–Crippen MR) is 30.1 cm³/mol. The smallest absolute Gasteiger partial charge is 0.165 e. The molecule has 44 valence electrons. The van der Waals surface area contributed by atoms with Crippen LogP contribution in [0.25, 0.3) is 0 Å². The first-order valence-corrected chi connectivity index (χ1v) is 2.48. The van der Waals surface area contributed by atoms with Gasteiger partial charge in [-0.25, -0.2) is 0 Å². The monoisotopic (exact) mass is 112 g/mol. The Morgan fingerprint density at radius 3 is 2.88 bits per heavy atom. The molecule has 0 bridgehead atoms. The summed E-state index contributed by atoms with van der Waals surface area (Å²) < 4.78 is 0. The van der Waals surface area contributed by atoms with Crippen molar-refractivity contribution in [3.05, 3.63) is 6.20 Å². The maximum atomic E-state index is 5.26. The maximum Gasteiger partial charge on any atom is 0.165 e. The molecule has 0 saturated heterocycles. The Kier molecular flexibility index (Phi) is 1.15. The molecule has 1 heterocycles. The molecule has 0 aromatic carbocycles. The number of hydrogen-bond acceptors (Lipinski definition) is 3. The van der Waals surface area contributed by atoms with E-state index in [9.17, 15) is 0 Å². The van der Waals surface area contributed by atoms with E-state index in [1.165, 1.54) is 11.0 Å². The van der Waals surface area contributed by atoms with Crippen molar-refractivity contribution in [1.29, 1.82) is 0 Å². The second-order valence-electron chi connectivity index (χ2n) is 1.46. The van der Waals surface area contributed by atoms with Crippen LogP contribution in [0, 0.1) is 0 Å².